The molecule has 0 aliphatic carbocycles. The zero-order valence-electron chi connectivity index (χ0n) is 13.0. The van der Waals surface area contributed by atoms with E-state index in [0.717, 1.165) is 0 Å². The third-order valence-electron chi connectivity index (χ3n) is 3.12. The summed E-state index contributed by atoms with van der Waals surface area (Å²) in [7, 11) is 3.05. The van der Waals surface area contributed by atoms with Gasteiger partial charge in [0.2, 0.25) is 5.75 Å². The number of hydrogen-bond acceptors (Lipinski definition) is 6. The van der Waals surface area contributed by atoms with Crippen molar-refractivity contribution in [3.8, 4) is 23.3 Å². The second-order valence-electron chi connectivity index (χ2n) is 4.67. The van der Waals surface area contributed by atoms with Crippen LogP contribution in [0.3, 0.4) is 0 Å². The molecule has 7 nitrogen and oxygen atoms in total. The van der Waals surface area contributed by atoms with Crippen LogP contribution in [-0.4, -0.2) is 46.5 Å². The lowest BCUT2D eigenvalue weighted by atomic mass is 10.1. The van der Waals surface area contributed by atoms with Gasteiger partial charge in [0.25, 0.3) is 5.91 Å². The van der Waals surface area contributed by atoms with Crippen molar-refractivity contribution >= 4 is 12.0 Å². The molecule has 0 saturated heterocycles. The molecule has 1 aromatic carbocycles. The minimum Gasteiger partial charge on any atom is -0.493 e. The summed E-state index contributed by atoms with van der Waals surface area (Å²) in [6, 6.07) is 5.28. The largest absolute Gasteiger partial charge is 0.493 e. The summed E-state index contributed by atoms with van der Waals surface area (Å²) in [5, 5.41) is 11.8. The fourth-order valence-corrected chi connectivity index (χ4v) is 2.05. The van der Waals surface area contributed by atoms with Crippen LogP contribution in [0.2, 0.25) is 0 Å². The number of nitrogens with zero attached hydrogens (tertiary/aromatic N) is 1. The van der Waals surface area contributed by atoms with Gasteiger partial charge >= 0.3 is 0 Å². The Morgan fingerprint density at radius 1 is 1.39 bits per heavy atom. The molecule has 0 unspecified atom stereocenters. The molecule has 2 rings (SSSR count). The topological polar surface area (TPSA) is 89.8 Å². The van der Waals surface area contributed by atoms with E-state index in [1.165, 1.54) is 20.3 Å². The number of nitriles is 1. The smallest absolute Gasteiger partial charge is 0.262 e. The molecule has 1 heterocycles. The lowest BCUT2D eigenvalue weighted by molar-refractivity contribution is -0.117. The maximum Gasteiger partial charge on any atom is 0.262 e. The van der Waals surface area contributed by atoms with Crippen LogP contribution in [-0.2, 0) is 9.53 Å². The highest BCUT2D eigenvalue weighted by Crippen LogP contribution is 2.40. The quantitative estimate of drug-likeness (QED) is 0.480. The van der Waals surface area contributed by atoms with Gasteiger partial charge in [-0.05, 0) is 23.8 Å². The van der Waals surface area contributed by atoms with Gasteiger partial charge in [0.15, 0.2) is 11.5 Å². The molecule has 23 heavy (non-hydrogen) atoms. The number of carbonyl (C=O) groups is 1. The molecule has 122 valence electrons. The third kappa shape index (κ3) is 4.14. The number of carbonyl (C=O) groups excluding carboxylic acids is 1. The second-order valence-corrected chi connectivity index (χ2v) is 4.67. The summed E-state index contributed by atoms with van der Waals surface area (Å²) in [6.45, 7) is 1.59. The van der Waals surface area contributed by atoms with Gasteiger partial charge in [0, 0.05) is 13.7 Å². The van der Waals surface area contributed by atoms with Gasteiger partial charge in [-0.25, -0.2) is 0 Å². The molecule has 1 aliphatic heterocycles. The minimum absolute atomic E-state index is 0.0140. The average molecular weight is 318 g/mol. The highest BCUT2D eigenvalue weighted by Gasteiger charge is 2.18. The minimum atomic E-state index is -0.460. The van der Waals surface area contributed by atoms with Gasteiger partial charge < -0.3 is 24.3 Å². The van der Waals surface area contributed by atoms with Crippen LogP contribution in [0.15, 0.2) is 17.7 Å². The van der Waals surface area contributed by atoms with E-state index in [4.69, 9.17) is 18.9 Å². The van der Waals surface area contributed by atoms with Crippen molar-refractivity contribution in [2.45, 2.75) is 0 Å². The predicted octanol–water partition coefficient (Wildman–Crippen LogP) is 1.14. The Labute approximate surface area is 134 Å². The van der Waals surface area contributed by atoms with Crippen molar-refractivity contribution < 1.29 is 23.7 Å². The highest BCUT2D eigenvalue weighted by molar-refractivity contribution is 6.01. The van der Waals surface area contributed by atoms with Crippen LogP contribution in [0.1, 0.15) is 5.56 Å². The van der Waals surface area contributed by atoms with Crippen LogP contribution in [0, 0.1) is 11.3 Å². The SMILES string of the molecule is COCCNC(=O)/C(C#N)=C/c1cc(OC)c2c(c1)OCCO2. The van der Waals surface area contributed by atoms with Crippen LogP contribution in [0.25, 0.3) is 6.08 Å². The van der Waals surface area contributed by atoms with Crippen molar-refractivity contribution in [3.63, 3.8) is 0 Å². The van der Waals surface area contributed by atoms with E-state index in [-0.39, 0.29) is 5.57 Å². The number of benzene rings is 1. The van der Waals surface area contributed by atoms with E-state index in [9.17, 15) is 10.1 Å². The summed E-state index contributed by atoms with van der Waals surface area (Å²) in [5.41, 5.74) is 0.601. The number of rotatable bonds is 6. The van der Waals surface area contributed by atoms with Crippen LogP contribution >= 0.6 is 0 Å². The monoisotopic (exact) mass is 318 g/mol. The normalized spacial score (nSPS) is 13.2. The average Bonchev–Trinajstić information content (AvgIpc) is 2.58. The lowest BCUT2D eigenvalue weighted by Crippen LogP contribution is -2.27. The number of hydrogen-bond donors (Lipinski definition) is 1. The lowest BCUT2D eigenvalue weighted by Gasteiger charge is -2.21. The van der Waals surface area contributed by atoms with Crippen molar-refractivity contribution in [1.29, 1.82) is 5.26 Å². The maximum atomic E-state index is 12.0. The van der Waals surface area contributed by atoms with Crippen molar-refractivity contribution in [2.24, 2.45) is 0 Å². The molecule has 1 aromatic rings. The standard InChI is InChI=1S/C16H18N2O5/c1-20-4-3-18-16(19)12(10-17)7-11-8-13(21-2)15-14(9-11)22-5-6-23-15/h7-9H,3-6H2,1-2H3,(H,18,19)/b12-7+. The zero-order chi connectivity index (χ0) is 16.7. The van der Waals surface area contributed by atoms with Crippen LogP contribution < -0.4 is 19.5 Å². The fraction of sp³-hybridized carbons (Fsp3) is 0.375. The molecule has 1 N–H and O–H groups in total. The summed E-state index contributed by atoms with van der Waals surface area (Å²) in [5.74, 6) is 1.09. The molecule has 0 atom stereocenters. The molecule has 1 amide bonds. The van der Waals surface area contributed by atoms with E-state index in [1.807, 2.05) is 6.07 Å². The van der Waals surface area contributed by atoms with Crippen molar-refractivity contribution in [3.05, 3.63) is 23.3 Å². The fourth-order valence-electron chi connectivity index (χ4n) is 2.05. The first kappa shape index (κ1) is 16.6. The van der Waals surface area contributed by atoms with E-state index in [0.29, 0.717) is 49.2 Å². The first-order valence-corrected chi connectivity index (χ1v) is 7.06. The molecular formula is C16H18N2O5. The van der Waals surface area contributed by atoms with Gasteiger partial charge in [-0.3, -0.25) is 4.79 Å². The predicted molar refractivity (Wildman–Crippen MR) is 82.5 cm³/mol. The Hall–Kier alpha value is -2.72. The van der Waals surface area contributed by atoms with Crippen molar-refractivity contribution in [2.75, 3.05) is 40.6 Å². The van der Waals surface area contributed by atoms with Crippen LogP contribution in [0.5, 0.6) is 17.2 Å². The molecule has 0 fully saturated rings. The Morgan fingerprint density at radius 2 is 2.17 bits per heavy atom. The molecule has 0 bridgehead atoms. The first-order valence-electron chi connectivity index (χ1n) is 7.06. The molecule has 7 heteroatoms. The Bertz CT molecular complexity index is 631. The van der Waals surface area contributed by atoms with Crippen molar-refractivity contribution in [1.82, 2.24) is 5.32 Å². The molecule has 0 radical (unpaired) electrons. The summed E-state index contributed by atoms with van der Waals surface area (Å²) < 4.78 is 21.2. The van der Waals surface area contributed by atoms with Gasteiger partial charge in [0.1, 0.15) is 24.9 Å². The number of ether oxygens (including phenoxy) is 4. The number of methoxy groups -OCH3 is 2. The van der Waals surface area contributed by atoms with E-state index < -0.39 is 5.91 Å². The molecule has 0 spiro atoms. The first-order chi connectivity index (χ1) is 11.2. The number of fused-ring (bicyclic) bond motifs is 1. The summed E-state index contributed by atoms with van der Waals surface area (Å²) >= 11 is 0. The Morgan fingerprint density at radius 3 is 2.87 bits per heavy atom. The van der Waals surface area contributed by atoms with Gasteiger partial charge in [-0.2, -0.15) is 5.26 Å². The highest BCUT2D eigenvalue weighted by atomic mass is 16.6. The molecular weight excluding hydrogens is 300 g/mol. The van der Waals surface area contributed by atoms with Gasteiger partial charge in [0.05, 0.1) is 13.7 Å². The Balaban J connectivity index is 2.26. The Kier molecular flexibility index (Phi) is 5.83. The number of nitrogens with one attached hydrogen (secondary N) is 1. The molecule has 0 saturated carbocycles. The van der Waals surface area contributed by atoms with Gasteiger partial charge in [-0.1, -0.05) is 0 Å². The summed E-state index contributed by atoms with van der Waals surface area (Å²) in [4.78, 5) is 12.0. The number of amides is 1. The summed E-state index contributed by atoms with van der Waals surface area (Å²) in [6.07, 6.45) is 1.48. The van der Waals surface area contributed by atoms with Gasteiger partial charge in [-0.15, -0.1) is 0 Å². The second kappa shape index (κ2) is 8.06. The van der Waals surface area contributed by atoms with E-state index >= 15 is 0 Å². The molecule has 1 aliphatic rings. The van der Waals surface area contributed by atoms with E-state index in [2.05, 4.69) is 5.32 Å². The maximum absolute atomic E-state index is 12.0. The van der Waals surface area contributed by atoms with Crippen LogP contribution in [0.4, 0.5) is 0 Å². The third-order valence-corrected chi connectivity index (χ3v) is 3.12. The van der Waals surface area contributed by atoms with E-state index in [1.54, 1.807) is 12.1 Å². The molecule has 0 aromatic heterocycles. The zero-order valence-corrected chi connectivity index (χ0v) is 13.0.